The lowest BCUT2D eigenvalue weighted by Gasteiger charge is -2.09. The first kappa shape index (κ1) is 9.61. The van der Waals surface area contributed by atoms with Gasteiger partial charge in [-0.3, -0.25) is 0 Å². The molecule has 1 aromatic rings. The lowest BCUT2D eigenvalue weighted by Crippen LogP contribution is -2.11. The van der Waals surface area contributed by atoms with Crippen LogP contribution in [-0.2, 0) is 0 Å². The molecule has 4 heteroatoms. The van der Waals surface area contributed by atoms with Crippen LogP contribution in [0.25, 0.3) is 0 Å². The van der Waals surface area contributed by atoms with Gasteiger partial charge in [0.05, 0.1) is 4.95 Å². The Balaban J connectivity index is 3.01. The Kier molecular flexibility index (Phi) is 3.17. The van der Waals surface area contributed by atoms with E-state index in [0.717, 1.165) is 6.07 Å². The summed E-state index contributed by atoms with van der Waals surface area (Å²) in [5, 5.41) is 2.80. The van der Waals surface area contributed by atoms with Crippen LogP contribution < -0.4 is 5.32 Å². The molecule has 0 heterocycles. The van der Waals surface area contributed by atoms with E-state index in [4.69, 9.17) is 0 Å². The van der Waals surface area contributed by atoms with E-state index in [9.17, 15) is 8.78 Å². The second-order valence-corrected chi connectivity index (χ2v) is 3.23. The van der Waals surface area contributed by atoms with Gasteiger partial charge in [-0.25, -0.2) is 8.78 Å². The van der Waals surface area contributed by atoms with Gasteiger partial charge in [-0.05, 0) is 13.1 Å². The second kappa shape index (κ2) is 3.96. The molecule has 1 rings (SSSR count). The van der Waals surface area contributed by atoms with Gasteiger partial charge in [0.25, 0.3) is 0 Å². The molecule has 0 saturated carbocycles. The van der Waals surface area contributed by atoms with Gasteiger partial charge >= 0.3 is 0 Å². The summed E-state index contributed by atoms with van der Waals surface area (Å²) in [5.41, 5.74) is 0.402. The zero-order valence-electron chi connectivity index (χ0n) is 6.44. The predicted octanol–water partition coefficient (Wildman–Crippen LogP) is 2.58. The number of rotatable bonds is 2. The van der Waals surface area contributed by atoms with Crippen LogP contribution in [0, 0.1) is 11.6 Å². The molecule has 0 spiro atoms. The lowest BCUT2D eigenvalue weighted by molar-refractivity contribution is 0.566. The highest BCUT2D eigenvalue weighted by atomic mass is 79.9. The first-order valence-corrected chi connectivity index (χ1v) is 4.33. The van der Waals surface area contributed by atoms with E-state index >= 15 is 0 Å². The molecule has 0 radical (unpaired) electrons. The Morgan fingerprint density at radius 1 is 1.42 bits per heavy atom. The van der Waals surface area contributed by atoms with Gasteiger partial charge in [-0.2, -0.15) is 0 Å². The molecular formula is C8H8BrF2N. The molecule has 0 fully saturated rings. The Labute approximate surface area is 77.9 Å². The third kappa shape index (κ3) is 2.01. The first-order valence-electron chi connectivity index (χ1n) is 3.41. The maximum absolute atomic E-state index is 13.0. The van der Waals surface area contributed by atoms with Crippen LogP contribution in [0.1, 0.15) is 10.5 Å². The fraction of sp³-hybridized carbons (Fsp3) is 0.250. The summed E-state index contributed by atoms with van der Waals surface area (Å²) in [5.74, 6) is -1.11. The van der Waals surface area contributed by atoms with Gasteiger partial charge in [0.15, 0.2) is 0 Å². The van der Waals surface area contributed by atoms with Crippen LogP contribution in [0.4, 0.5) is 8.78 Å². The molecule has 1 N–H and O–H groups in total. The van der Waals surface area contributed by atoms with Gasteiger partial charge < -0.3 is 5.32 Å². The topological polar surface area (TPSA) is 12.0 Å². The third-order valence-corrected chi connectivity index (χ3v) is 2.44. The Hall–Kier alpha value is -0.480. The highest BCUT2D eigenvalue weighted by molar-refractivity contribution is 9.09. The van der Waals surface area contributed by atoms with Gasteiger partial charge in [0.2, 0.25) is 0 Å². The zero-order chi connectivity index (χ0) is 9.14. The SMILES string of the molecule is CNC(Br)c1ccc(F)cc1F. The van der Waals surface area contributed by atoms with Crippen molar-refractivity contribution >= 4 is 15.9 Å². The fourth-order valence-corrected chi connectivity index (χ4v) is 1.23. The second-order valence-electron chi connectivity index (χ2n) is 2.32. The number of benzene rings is 1. The van der Waals surface area contributed by atoms with E-state index in [1.54, 1.807) is 7.05 Å². The predicted molar refractivity (Wildman–Crippen MR) is 47.1 cm³/mol. The van der Waals surface area contributed by atoms with Gasteiger partial charge in [0.1, 0.15) is 11.6 Å². The summed E-state index contributed by atoms with van der Waals surface area (Å²) in [6, 6.07) is 3.49. The Morgan fingerprint density at radius 3 is 2.58 bits per heavy atom. The average molecular weight is 236 g/mol. The van der Waals surface area contributed by atoms with Crippen molar-refractivity contribution in [1.82, 2.24) is 5.32 Å². The molecule has 0 saturated heterocycles. The summed E-state index contributed by atoms with van der Waals surface area (Å²) < 4.78 is 25.4. The van der Waals surface area contributed by atoms with Crippen LogP contribution >= 0.6 is 15.9 Å². The highest BCUT2D eigenvalue weighted by Crippen LogP contribution is 2.22. The molecule has 0 aliphatic carbocycles. The molecule has 1 atom stereocenters. The quantitative estimate of drug-likeness (QED) is 0.614. The minimum atomic E-state index is -0.563. The summed E-state index contributed by atoms with van der Waals surface area (Å²) >= 11 is 3.19. The maximum atomic E-state index is 13.0. The summed E-state index contributed by atoms with van der Waals surface area (Å²) in [4.78, 5) is -0.280. The lowest BCUT2D eigenvalue weighted by atomic mass is 10.2. The van der Waals surface area contributed by atoms with Crippen molar-refractivity contribution in [3.63, 3.8) is 0 Å². The van der Waals surface area contributed by atoms with Crippen molar-refractivity contribution in [3.05, 3.63) is 35.4 Å². The molecular weight excluding hydrogens is 228 g/mol. The molecule has 1 unspecified atom stereocenters. The summed E-state index contributed by atoms with van der Waals surface area (Å²) in [7, 11) is 1.68. The smallest absolute Gasteiger partial charge is 0.131 e. The molecule has 0 aromatic heterocycles. The van der Waals surface area contributed by atoms with Crippen LogP contribution in [-0.4, -0.2) is 7.05 Å². The van der Waals surface area contributed by atoms with Gasteiger partial charge in [-0.1, -0.05) is 22.0 Å². The van der Waals surface area contributed by atoms with E-state index < -0.39 is 11.6 Å². The van der Waals surface area contributed by atoms with E-state index in [0.29, 0.717) is 5.56 Å². The normalized spacial score (nSPS) is 13.0. The molecule has 1 aromatic carbocycles. The number of hydrogen-bond donors (Lipinski definition) is 1. The number of alkyl halides is 1. The Morgan fingerprint density at radius 2 is 2.08 bits per heavy atom. The number of hydrogen-bond acceptors (Lipinski definition) is 1. The van der Waals surface area contributed by atoms with Crippen molar-refractivity contribution in [1.29, 1.82) is 0 Å². The van der Waals surface area contributed by atoms with Crippen LogP contribution in [0.15, 0.2) is 18.2 Å². The molecule has 1 nitrogen and oxygen atoms in total. The van der Waals surface area contributed by atoms with Crippen molar-refractivity contribution in [2.45, 2.75) is 4.95 Å². The maximum Gasteiger partial charge on any atom is 0.131 e. The minimum Gasteiger partial charge on any atom is -0.304 e. The fourth-order valence-electron chi connectivity index (χ4n) is 0.863. The summed E-state index contributed by atoms with van der Waals surface area (Å²) in [6.45, 7) is 0. The van der Waals surface area contributed by atoms with Crippen LogP contribution in [0.3, 0.4) is 0 Å². The standard InChI is InChI=1S/C8H8BrF2N/c1-12-8(9)6-3-2-5(10)4-7(6)11/h2-4,8,12H,1H3. The van der Waals surface area contributed by atoms with Crippen LogP contribution in [0.5, 0.6) is 0 Å². The van der Waals surface area contributed by atoms with Crippen molar-refractivity contribution in [3.8, 4) is 0 Å². The molecule has 66 valence electrons. The van der Waals surface area contributed by atoms with Crippen molar-refractivity contribution in [2.75, 3.05) is 7.05 Å². The van der Waals surface area contributed by atoms with Gasteiger partial charge in [0, 0.05) is 11.6 Å². The molecule has 0 aliphatic rings. The van der Waals surface area contributed by atoms with E-state index in [-0.39, 0.29) is 4.95 Å². The highest BCUT2D eigenvalue weighted by Gasteiger charge is 2.10. The summed E-state index contributed by atoms with van der Waals surface area (Å²) in [6.07, 6.45) is 0. The first-order chi connectivity index (χ1) is 5.65. The van der Waals surface area contributed by atoms with E-state index in [1.807, 2.05) is 0 Å². The Bertz CT molecular complexity index is 278. The van der Waals surface area contributed by atoms with Crippen LogP contribution in [0.2, 0.25) is 0 Å². The molecule has 12 heavy (non-hydrogen) atoms. The van der Waals surface area contributed by atoms with E-state index in [1.165, 1.54) is 12.1 Å². The van der Waals surface area contributed by atoms with Crippen molar-refractivity contribution < 1.29 is 8.78 Å². The number of nitrogens with one attached hydrogen (secondary N) is 1. The third-order valence-electron chi connectivity index (χ3n) is 1.49. The zero-order valence-corrected chi connectivity index (χ0v) is 8.03. The average Bonchev–Trinajstić information content (AvgIpc) is 2.03. The molecule has 0 amide bonds. The van der Waals surface area contributed by atoms with E-state index in [2.05, 4.69) is 21.2 Å². The number of halogens is 3. The minimum absolute atomic E-state index is 0.280. The van der Waals surface area contributed by atoms with Gasteiger partial charge in [-0.15, -0.1) is 0 Å². The molecule has 0 aliphatic heterocycles. The molecule has 0 bridgehead atoms. The largest absolute Gasteiger partial charge is 0.304 e. The monoisotopic (exact) mass is 235 g/mol. The van der Waals surface area contributed by atoms with Crippen molar-refractivity contribution in [2.24, 2.45) is 0 Å².